The third-order valence-corrected chi connectivity index (χ3v) is 4.43. The van der Waals surface area contributed by atoms with E-state index in [9.17, 15) is 0 Å². The molecule has 4 heteroatoms. The molecule has 0 spiro atoms. The Morgan fingerprint density at radius 2 is 2.00 bits per heavy atom. The van der Waals surface area contributed by atoms with Gasteiger partial charge < -0.3 is 15.0 Å². The lowest BCUT2D eigenvalue weighted by Gasteiger charge is -2.27. The second kappa shape index (κ2) is 5.63. The fourth-order valence-corrected chi connectivity index (χ4v) is 3.06. The molecule has 4 nitrogen and oxygen atoms in total. The van der Waals surface area contributed by atoms with Crippen molar-refractivity contribution in [2.45, 2.75) is 69.6 Å². The molecule has 0 unspecified atom stereocenters. The van der Waals surface area contributed by atoms with Gasteiger partial charge in [0.05, 0.1) is 31.4 Å². The number of nitrogens with two attached hydrogens (primary N) is 1. The van der Waals surface area contributed by atoms with Crippen LogP contribution in [0.5, 0.6) is 0 Å². The van der Waals surface area contributed by atoms with E-state index in [1.54, 1.807) is 0 Å². The van der Waals surface area contributed by atoms with Crippen molar-refractivity contribution in [3.8, 4) is 0 Å². The first-order chi connectivity index (χ1) is 9.27. The highest BCUT2D eigenvalue weighted by Gasteiger charge is 2.28. The molecule has 19 heavy (non-hydrogen) atoms. The molecule has 0 saturated heterocycles. The molecular formula is C15H25N3O. The van der Waals surface area contributed by atoms with Gasteiger partial charge in [0.15, 0.2) is 0 Å². The van der Waals surface area contributed by atoms with E-state index in [-0.39, 0.29) is 5.54 Å². The van der Waals surface area contributed by atoms with Gasteiger partial charge in [0.2, 0.25) is 0 Å². The highest BCUT2D eigenvalue weighted by Crippen LogP contribution is 2.35. The van der Waals surface area contributed by atoms with Gasteiger partial charge in [-0.3, -0.25) is 0 Å². The fourth-order valence-electron chi connectivity index (χ4n) is 3.06. The monoisotopic (exact) mass is 263 g/mol. The molecule has 2 aliphatic carbocycles. The summed E-state index contributed by atoms with van der Waals surface area (Å²) in [7, 11) is 0. The summed E-state index contributed by atoms with van der Waals surface area (Å²) >= 11 is 0. The molecule has 106 valence electrons. The van der Waals surface area contributed by atoms with Crippen molar-refractivity contribution < 1.29 is 4.74 Å². The molecular weight excluding hydrogens is 238 g/mol. The number of rotatable bonds is 5. The van der Waals surface area contributed by atoms with Gasteiger partial charge in [-0.25, -0.2) is 4.98 Å². The first-order valence-corrected chi connectivity index (χ1v) is 7.64. The minimum absolute atomic E-state index is 0.0963. The highest BCUT2D eigenvalue weighted by molar-refractivity contribution is 5.02. The lowest BCUT2D eigenvalue weighted by molar-refractivity contribution is 0.0633. The van der Waals surface area contributed by atoms with Crippen molar-refractivity contribution >= 4 is 0 Å². The van der Waals surface area contributed by atoms with E-state index in [1.807, 2.05) is 12.5 Å². The maximum absolute atomic E-state index is 6.46. The van der Waals surface area contributed by atoms with Gasteiger partial charge in [-0.05, 0) is 25.7 Å². The Hall–Kier alpha value is -0.870. The molecule has 0 aromatic carbocycles. The van der Waals surface area contributed by atoms with Crippen LogP contribution in [0.15, 0.2) is 12.5 Å². The summed E-state index contributed by atoms with van der Waals surface area (Å²) in [4.78, 5) is 4.23. The van der Waals surface area contributed by atoms with Gasteiger partial charge in [0.25, 0.3) is 0 Å². The van der Waals surface area contributed by atoms with E-state index >= 15 is 0 Å². The summed E-state index contributed by atoms with van der Waals surface area (Å²) in [6, 6.07) is 0.672. The molecule has 1 aromatic heterocycles. The molecule has 2 fully saturated rings. The second-order valence-corrected chi connectivity index (χ2v) is 6.29. The van der Waals surface area contributed by atoms with Crippen molar-refractivity contribution in [1.82, 2.24) is 9.55 Å². The molecule has 0 radical (unpaired) electrons. The summed E-state index contributed by atoms with van der Waals surface area (Å²) in [5.74, 6) is 0. The third-order valence-electron chi connectivity index (χ3n) is 4.43. The Balaban J connectivity index is 1.50. The van der Waals surface area contributed by atoms with Crippen LogP contribution in [-0.2, 0) is 11.3 Å². The number of hydrogen-bond acceptors (Lipinski definition) is 3. The van der Waals surface area contributed by atoms with E-state index in [4.69, 9.17) is 10.5 Å². The lowest BCUT2D eigenvalue weighted by atomic mass is 9.93. The molecule has 2 saturated carbocycles. The molecule has 1 heterocycles. The summed E-state index contributed by atoms with van der Waals surface area (Å²) in [6.45, 7) is 1.33. The van der Waals surface area contributed by atoms with Crippen molar-refractivity contribution in [2.75, 3.05) is 6.61 Å². The standard InChI is InChI=1S/C15H25N3O/c16-15(7-3-1-2-4-8-15)11-19-10-14-9-17-12-18(14)13-5-6-13/h9,12-13H,1-8,10-11,16H2. The topological polar surface area (TPSA) is 53.1 Å². The van der Waals surface area contributed by atoms with Crippen molar-refractivity contribution in [3.05, 3.63) is 18.2 Å². The Bertz CT molecular complexity index is 403. The van der Waals surface area contributed by atoms with Crippen LogP contribution in [0.2, 0.25) is 0 Å². The molecule has 0 aliphatic heterocycles. The summed E-state index contributed by atoms with van der Waals surface area (Å²) in [5.41, 5.74) is 7.56. The van der Waals surface area contributed by atoms with Crippen LogP contribution >= 0.6 is 0 Å². The van der Waals surface area contributed by atoms with Gasteiger partial charge in [-0.2, -0.15) is 0 Å². The Labute approximate surface area is 115 Å². The lowest BCUT2D eigenvalue weighted by Crippen LogP contribution is -2.43. The SMILES string of the molecule is NC1(COCc2cncn2C2CC2)CCCCCC1. The first kappa shape index (κ1) is 13.1. The van der Waals surface area contributed by atoms with Crippen LogP contribution in [0.25, 0.3) is 0 Å². The van der Waals surface area contributed by atoms with Crippen molar-refractivity contribution in [3.63, 3.8) is 0 Å². The minimum Gasteiger partial charge on any atom is -0.373 e. The van der Waals surface area contributed by atoms with Crippen LogP contribution < -0.4 is 5.73 Å². The zero-order valence-electron chi connectivity index (χ0n) is 11.7. The van der Waals surface area contributed by atoms with Crippen LogP contribution in [-0.4, -0.2) is 21.7 Å². The van der Waals surface area contributed by atoms with E-state index in [2.05, 4.69) is 9.55 Å². The quantitative estimate of drug-likeness (QED) is 0.831. The number of hydrogen-bond donors (Lipinski definition) is 1. The maximum atomic E-state index is 6.46. The van der Waals surface area contributed by atoms with Gasteiger partial charge in [-0.1, -0.05) is 25.7 Å². The van der Waals surface area contributed by atoms with Gasteiger partial charge in [0, 0.05) is 11.6 Å². The van der Waals surface area contributed by atoms with E-state index in [1.165, 1.54) is 44.2 Å². The molecule has 3 rings (SSSR count). The summed E-state index contributed by atoms with van der Waals surface area (Å²) < 4.78 is 8.17. The van der Waals surface area contributed by atoms with Crippen LogP contribution in [0.4, 0.5) is 0 Å². The third kappa shape index (κ3) is 3.37. The number of aromatic nitrogens is 2. The number of nitrogens with zero attached hydrogens (tertiary/aromatic N) is 2. The molecule has 1 aromatic rings. The predicted octanol–water partition coefficient (Wildman–Crippen LogP) is 2.79. The maximum Gasteiger partial charge on any atom is 0.0951 e. The van der Waals surface area contributed by atoms with Crippen LogP contribution in [0, 0.1) is 0 Å². The van der Waals surface area contributed by atoms with E-state index in [0.717, 1.165) is 12.8 Å². The average Bonchev–Trinajstić information content (AvgIpc) is 3.17. The van der Waals surface area contributed by atoms with E-state index in [0.29, 0.717) is 19.3 Å². The smallest absolute Gasteiger partial charge is 0.0951 e. The molecule has 0 atom stereocenters. The number of ether oxygens (including phenoxy) is 1. The molecule has 2 aliphatic rings. The Morgan fingerprint density at radius 3 is 2.68 bits per heavy atom. The summed E-state index contributed by atoms with van der Waals surface area (Å²) in [5, 5.41) is 0. The fraction of sp³-hybridized carbons (Fsp3) is 0.800. The Morgan fingerprint density at radius 1 is 1.26 bits per heavy atom. The average molecular weight is 263 g/mol. The van der Waals surface area contributed by atoms with Crippen LogP contribution in [0.1, 0.15) is 63.1 Å². The first-order valence-electron chi connectivity index (χ1n) is 7.64. The predicted molar refractivity (Wildman–Crippen MR) is 74.8 cm³/mol. The zero-order valence-corrected chi connectivity index (χ0v) is 11.7. The summed E-state index contributed by atoms with van der Waals surface area (Å²) in [6.07, 6.45) is 13.8. The largest absolute Gasteiger partial charge is 0.373 e. The van der Waals surface area contributed by atoms with Gasteiger partial charge in [0.1, 0.15) is 0 Å². The zero-order chi connectivity index (χ0) is 13.1. The molecule has 0 amide bonds. The Kier molecular flexibility index (Phi) is 3.89. The molecule has 0 bridgehead atoms. The molecule has 2 N–H and O–H groups in total. The number of imidazole rings is 1. The normalized spacial score (nSPS) is 23.2. The highest BCUT2D eigenvalue weighted by atomic mass is 16.5. The van der Waals surface area contributed by atoms with E-state index < -0.39 is 0 Å². The second-order valence-electron chi connectivity index (χ2n) is 6.29. The van der Waals surface area contributed by atoms with Crippen LogP contribution in [0.3, 0.4) is 0 Å². The minimum atomic E-state index is -0.0963. The van der Waals surface area contributed by atoms with Crippen molar-refractivity contribution in [2.24, 2.45) is 5.73 Å². The van der Waals surface area contributed by atoms with Crippen molar-refractivity contribution in [1.29, 1.82) is 0 Å². The van der Waals surface area contributed by atoms with Gasteiger partial charge in [-0.15, -0.1) is 0 Å². The van der Waals surface area contributed by atoms with Gasteiger partial charge >= 0.3 is 0 Å².